The number of Topliss-reactive ketones (excluding diaryl/α,β-unsaturated/α-hetero) is 1. The number of halogens is 2. The lowest BCUT2D eigenvalue weighted by atomic mass is 10.00. The highest BCUT2D eigenvalue weighted by Gasteiger charge is 2.19. The second kappa shape index (κ2) is 3.85. The third-order valence-electron chi connectivity index (χ3n) is 1.98. The molecule has 0 fully saturated rings. The van der Waals surface area contributed by atoms with Crippen molar-refractivity contribution in [1.29, 1.82) is 0 Å². The summed E-state index contributed by atoms with van der Waals surface area (Å²) >= 11 is 0. The minimum absolute atomic E-state index is 0. The number of ketones is 1. The highest BCUT2D eigenvalue weighted by Crippen LogP contribution is 2.16. The van der Waals surface area contributed by atoms with Crippen LogP contribution in [-0.2, 0) is 6.54 Å². The first-order chi connectivity index (χ1) is 5.79. The van der Waals surface area contributed by atoms with Crippen molar-refractivity contribution in [2.75, 3.05) is 6.54 Å². The molecule has 1 aromatic carbocycles. The first kappa shape index (κ1) is 10.2. The van der Waals surface area contributed by atoms with Crippen LogP contribution in [0.15, 0.2) is 18.2 Å². The molecule has 0 aliphatic carbocycles. The number of nitrogens with one attached hydrogen (secondary N) is 1. The molecule has 70 valence electrons. The van der Waals surface area contributed by atoms with E-state index in [1.165, 1.54) is 6.07 Å². The van der Waals surface area contributed by atoms with Crippen LogP contribution in [0.1, 0.15) is 15.9 Å². The Morgan fingerprint density at radius 2 is 2.08 bits per heavy atom. The van der Waals surface area contributed by atoms with Crippen LogP contribution in [0.4, 0.5) is 4.39 Å². The van der Waals surface area contributed by atoms with E-state index in [1.54, 1.807) is 12.1 Å². The zero-order valence-electron chi connectivity index (χ0n) is 6.84. The maximum absolute atomic E-state index is 13.1. The van der Waals surface area contributed by atoms with Crippen LogP contribution in [0.3, 0.4) is 0 Å². The Hall–Kier alpha value is -0.930. The molecular formula is C9H9ClFNO. The number of hydrogen-bond donors (Lipinski definition) is 1. The van der Waals surface area contributed by atoms with Crippen LogP contribution in [0.5, 0.6) is 0 Å². The van der Waals surface area contributed by atoms with Gasteiger partial charge in [-0.25, -0.2) is 4.39 Å². The van der Waals surface area contributed by atoms with Crippen molar-refractivity contribution in [1.82, 2.24) is 5.32 Å². The summed E-state index contributed by atoms with van der Waals surface area (Å²) in [5.74, 6) is -0.562. The van der Waals surface area contributed by atoms with Crippen molar-refractivity contribution >= 4 is 18.2 Å². The summed E-state index contributed by atoms with van der Waals surface area (Å²) in [4.78, 5) is 11.2. The molecule has 2 rings (SSSR count). The second-order valence-corrected chi connectivity index (χ2v) is 2.80. The van der Waals surface area contributed by atoms with Gasteiger partial charge in [0.2, 0.25) is 0 Å². The molecule has 1 aromatic rings. The standard InChI is InChI=1S/C9H8FNO.ClH/c10-7-3-1-2-6-4-11-5-8(12)9(6)7;/h1-3,11H,4-5H2;1H. The van der Waals surface area contributed by atoms with Gasteiger partial charge in [0.1, 0.15) is 5.82 Å². The van der Waals surface area contributed by atoms with Crippen molar-refractivity contribution in [2.45, 2.75) is 6.54 Å². The fourth-order valence-corrected chi connectivity index (χ4v) is 1.43. The lowest BCUT2D eigenvalue weighted by molar-refractivity contribution is 0.0978. The van der Waals surface area contributed by atoms with Crippen molar-refractivity contribution in [3.63, 3.8) is 0 Å². The van der Waals surface area contributed by atoms with Gasteiger partial charge in [0.25, 0.3) is 0 Å². The fraction of sp³-hybridized carbons (Fsp3) is 0.222. The van der Waals surface area contributed by atoms with Crippen LogP contribution in [0, 0.1) is 5.82 Å². The molecule has 0 radical (unpaired) electrons. The van der Waals surface area contributed by atoms with E-state index in [2.05, 4.69) is 5.32 Å². The van der Waals surface area contributed by atoms with Gasteiger partial charge < -0.3 is 5.32 Å². The molecule has 0 saturated heterocycles. The summed E-state index contributed by atoms with van der Waals surface area (Å²) in [6.07, 6.45) is 0. The van der Waals surface area contributed by atoms with Gasteiger partial charge in [-0.05, 0) is 11.6 Å². The molecule has 0 spiro atoms. The minimum atomic E-state index is -0.404. The minimum Gasteiger partial charge on any atom is -0.306 e. The Bertz CT molecular complexity index is 340. The maximum Gasteiger partial charge on any atom is 0.179 e. The van der Waals surface area contributed by atoms with Gasteiger partial charge in [-0.15, -0.1) is 12.4 Å². The largest absolute Gasteiger partial charge is 0.306 e. The second-order valence-electron chi connectivity index (χ2n) is 2.80. The summed E-state index contributed by atoms with van der Waals surface area (Å²) in [5.41, 5.74) is 1.02. The van der Waals surface area contributed by atoms with E-state index in [1.807, 2.05) is 0 Å². The molecule has 0 aromatic heterocycles. The summed E-state index contributed by atoms with van der Waals surface area (Å²) in [5, 5.41) is 2.90. The van der Waals surface area contributed by atoms with Crippen molar-refractivity contribution in [2.24, 2.45) is 0 Å². The molecule has 1 N–H and O–H groups in total. The lowest BCUT2D eigenvalue weighted by Gasteiger charge is -2.15. The summed E-state index contributed by atoms with van der Waals surface area (Å²) < 4.78 is 13.1. The molecule has 0 amide bonds. The molecule has 4 heteroatoms. The SMILES string of the molecule is Cl.O=C1CNCc2cccc(F)c21. The summed E-state index contributed by atoms with van der Waals surface area (Å²) in [6, 6.07) is 4.71. The van der Waals surface area contributed by atoms with E-state index in [4.69, 9.17) is 0 Å². The van der Waals surface area contributed by atoms with Crippen LogP contribution < -0.4 is 5.32 Å². The third-order valence-corrected chi connectivity index (χ3v) is 1.98. The number of benzene rings is 1. The molecule has 13 heavy (non-hydrogen) atoms. The summed E-state index contributed by atoms with van der Waals surface area (Å²) in [6.45, 7) is 0.826. The lowest BCUT2D eigenvalue weighted by Crippen LogP contribution is -2.30. The van der Waals surface area contributed by atoms with Gasteiger partial charge in [-0.2, -0.15) is 0 Å². The van der Waals surface area contributed by atoms with Crippen molar-refractivity contribution < 1.29 is 9.18 Å². The number of fused-ring (bicyclic) bond motifs is 1. The smallest absolute Gasteiger partial charge is 0.179 e. The van der Waals surface area contributed by atoms with Crippen molar-refractivity contribution in [3.8, 4) is 0 Å². The van der Waals surface area contributed by atoms with Crippen molar-refractivity contribution in [3.05, 3.63) is 35.1 Å². The van der Waals surface area contributed by atoms with E-state index < -0.39 is 5.82 Å². The Kier molecular flexibility index (Phi) is 3.01. The van der Waals surface area contributed by atoms with Gasteiger partial charge in [-0.1, -0.05) is 12.1 Å². The highest BCUT2D eigenvalue weighted by molar-refractivity contribution is 6.00. The number of rotatable bonds is 0. The van der Waals surface area contributed by atoms with Gasteiger partial charge in [0, 0.05) is 6.54 Å². The van der Waals surface area contributed by atoms with Gasteiger partial charge >= 0.3 is 0 Å². The average molecular weight is 202 g/mol. The topological polar surface area (TPSA) is 29.1 Å². The predicted octanol–water partition coefficient (Wildman–Crippen LogP) is 1.53. The number of hydrogen-bond acceptors (Lipinski definition) is 2. The van der Waals surface area contributed by atoms with Crippen LogP contribution >= 0.6 is 12.4 Å². The molecule has 0 saturated carbocycles. The van der Waals surface area contributed by atoms with E-state index in [-0.39, 0.29) is 30.3 Å². The first-order valence-electron chi connectivity index (χ1n) is 3.80. The molecule has 1 heterocycles. The molecular weight excluding hydrogens is 193 g/mol. The Balaban J connectivity index is 0.000000845. The number of carbonyl (C=O) groups excluding carboxylic acids is 1. The van der Waals surface area contributed by atoms with Crippen LogP contribution in [0.2, 0.25) is 0 Å². The molecule has 1 aliphatic rings. The molecule has 2 nitrogen and oxygen atoms in total. The molecule has 1 aliphatic heterocycles. The van der Waals surface area contributed by atoms with E-state index in [0.717, 1.165) is 5.56 Å². The molecule has 0 atom stereocenters. The van der Waals surface area contributed by atoms with Crippen LogP contribution in [0.25, 0.3) is 0 Å². The first-order valence-corrected chi connectivity index (χ1v) is 3.80. The average Bonchev–Trinajstić information content (AvgIpc) is 2.04. The molecule has 0 bridgehead atoms. The third kappa shape index (κ3) is 1.71. The Morgan fingerprint density at radius 1 is 1.31 bits per heavy atom. The fourth-order valence-electron chi connectivity index (χ4n) is 1.43. The maximum atomic E-state index is 13.1. The highest BCUT2D eigenvalue weighted by atomic mass is 35.5. The normalized spacial score (nSPS) is 14.7. The monoisotopic (exact) mass is 201 g/mol. The van der Waals surface area contributed by atoms with E-state index in [0.29, 0.717) is 6.54 Å². The summed E-state index contributed by atoms with van der Waals surface area (Å²) in [7, 11) is 0. The quantitative estimate of drug-likeness (QED) is 0.690. The van der Waals surface area contributed by atoms with Gasteiger partial charge in [0.15, 0.2) is 5.78 Å². The van der Waals surface area contributed by atoms with Gasteiger partial charge in [0.05, 0.1) is 12.1 Å². The Morgan fingerprint density at radius 3 is 2.77 bits per heavy atom. The van der Waals surface area contributed by atoms with E-state index in [9.17, 15) is 9.18 Å². The zero-order valence-corrected chi connectivity index (χ0v) is 7.66. The van der Waals surface area contributed by atoms with Crippen LogP contribution in [-0.4, -0.2) is 12.3 Å². The molecule has 0 unspecified atom stereocenters. The number of carbonyl (C=O) groups is 1. The Labute approximate surface area is 81.6 Å². The zero-order chi connectivity index (χ0) is 8.55. The van der Waals surface area contributed by atoms with E-state index >= 15 is 0 Å². The predicted molar refractivity (Wildman–Crippen MR) is 49.7 cm³/mol. The van der Waals surface area contributed by atoms with Gasteiger partial charge in [-0.3, -0.25) is 4.79 Å².